The highest BCUT2D eigenvalue weighted by Gasteiger charge is 2.23. The molecule has 1 unspecified atom stereocenters. The maximum atomic E-state index is 12.7. The van der Waals surface area contributed by atoms with Gasteiger partial charge in [0.2, 0.25) is 0 Å². The first-order chi connectivity index (χ1) is 11.5. The van der Waals surface area contributed by atoms with Gasteiger partial charge in [0, 0.05) is 18.3 Å². The largest absolute Gasteiger partial charge is 0.399 e. The highest BCUT2D eigenvalue weighted by Crippen LogP contribution is 2.34. The molecule has 1 aliphatic heterocycles. The monoisotopic (exact) mass is 345 g/mol. The van der Waals surface area contributed by atoms with E-state index in [9.17, 15) is 8.42 Å². The summed E-state index contributed by atoms with van der Waals surface area (Å²) in [6.45, 7) is 3.09. The summed E-state index contributed by atoms with van der Waals surface area (Å²) in [7, 11) is -3.64. The van der Waals surface area contributed by atoms with E-state index in [1.807, 2.05) is 12.1 Å². The Hall–Kier alpha value is -2.21. The second kappa shape index (κ2) is 6.73. The molecule has 0 spiro atoms. The first kappa shape index (κ1) is 16.6. The minimum atomic E-state index is -3.64. The molecule has 0 aromatic heterocycles. The number of piperidine rings is 1. The van der Waals surface area contributed by atoms with Crippen molar-refractivity contribution in [3.63, 3.8) is 0 Å². The molecule has 24 heavy (non-hydrogen) atoms. The van der Waals surface area contributed by atoms with Crippen molar-refractivity contribution < 1.29 is 8.42 Å². The number of nitrogen functional groups attached to an aromatic ring is 1. The lowest BCUT2D eigenvalue weighted by Crippen LogP contribution is -2.38. The number of anilines is 3. The Balaban J connectivity index is 1.97. The number of hydrogen-bond donors (Lipinski definition) is 2. The molecule has 2 aromatic carbocycles. The molecule has 128 valence electrons. The van der Waals surface area contributed by atoms with Crippen LogP contribution in [0.5, 0.6) is 0 Å². The van der Waals surface area contributed by atoms with Crippen LogP contribution in [0.15, 0.2) is 53.4 Å². The molecule has 0 bridgehead atoms. The smallest absolute Gasteiger partial charge is 0.261 e. The molecule has 1 atom stereocenters. The standard InChI is InChI=1S/C18H23N3O2S/c1-14-7-5-6-12-21(14)18-11-10-15(19)13-17(18)20-24(22,23)16-8-3-2-4-9-16/h2-4,8-11,13-14,20H,5-7,12,19H2,1H3. The van der Waals surface area contributed by atoms with Gasteiger partial charge in [-0.15, -0.1) is 0 Å². The molecule has 2 aromatic rings. The minimum absolute atomic E-state index is 0.241. The van der Waals surface area contributed by atoms with Crippen LogP contribution in [0.3, 0.4) is 0 Å². The molecule has 0 aliphatic carbocycles. The van der Waals surface area contributed by atoms with E-state index >= 15 is 0 Å². The van der Waals surface area contributed by atoms with Gasteiger partial charge in [-0.05, 0) is 56.5 Å². The van der Waals surface area contributed by atoms with Gasteiger partial charge in [0.25, 0.3) is 10.0 Å². The predicted molar refractivity (Wildman–Crippen MR) is 98.8 cm³/mol. The van der Waals surface area contributed by atoms with E-state index in [1.165, 1.54) is 6.42 Å². The summed E-state index contributed by atoms with van der Waals surface area (Å²) >= 11 is 0. The molecule has 6 heteroatoms. The number of benzene rings is 2. The molecule has 5 nitrogen and oxygen atoms in total. The molecule has 1 saturated heterocycles. The SMILES string of the molecule is CC1CCCCN1c1ccc(N)cc1NS(=O)(=O)c1ccccc1. The molecule has 1 heterocycles. The van der Waals surface area contributed by atoms with Crippen LogP contribution in [0.2, 0.25) is 0 Å². The molecule has 3 N–H and O–H groups in total. The van der Waals surface area contributed by atoms with Gasteiger partial charge in [0.1, 0.15) is 0 Å². The van der Waals surface area contributed by atoms with Crippen molar-refractivity contribution in [2.24, 2.45) is 0 Å². The van der Waals surface area contributed by atoms with Crippen molar-refractivity contribution in [1.29, 1.82) is 0 Å². The third-order valence-electron chi connectivity index (χ3n) is 4.43. The highest BCUT2D eigenvalue weighted by molar-refractivity contribution is 7.92. The van der Waals surface area contributed by atoms with Crippen molar-refractivity contribution in [3.8, 4) is 0 Å². The Morgan fingerprint density at radius 1 is 1.12 bits per heavy atom. The van der Waals surface area contributed by atoms with Crippen LogP contribution < -0.4 is 15.4 Å². The van der Waals surface area contributed by atoms with Gasteiger partial charge in [-0.2, -0.15) is 0 Å². The minimum Gasteiger partial charge on any atom is -0.399 e. The summed E-state index contributed by atoms with van der Waals surface area (Å²) in [6.07, 6.45) is 3.42. The van der Waals surface area contributed by atoms with Crippen LogP contribution in [0.1, 0.15) is 26.2 Å². The molecular weight excluding hydrogens is 322 g/mol. The summed E-state index contributed by atoms with van der Waals surface area (Å²) in [4.78, 5) is 2.50. The highest BCUT2D eigenvalue weighted by atomic mass is 32.2. The van der Waals surface area contributed by atoms with E-state index in [4.69, 9.17) is 5.73 Å². The number of rotatable bonds is 4. The number of hydrogen-bond acceptors (Lipinski definition) is 4. The first-order valence-electron chi connectivity index (χ1n) is 8.21. The summed E-state index contributed by atoms with van der Waals surface area (Å²) in [6, 6.07) is 14.2. The van der Waals surface area contributed by atoms with Crippen LogP contribution in [0.25, 0.3) is 0 Å². The van der Waals surface area contributed by atoms with Gasteiger partial charge in [-0.25, -0.2) is 8.42 Å². The second-order valence-corrected chi connectivity index (χ2v) is 7.92. The maximum absolute atomic E-state index is 12.7. The Morgan fingerprint density at radius 3 is 2.58 bits per heavy atom. The van der Waals surface area contributed by atoms with Gasteiger partial charge in [-0.3, -0.25) is 4.72 Å². The fourth-order valence-corrected chi connectivity index (χ4v) is 4.23. The number of sulfonamides is 1. The second-order valence-electron chi connectivity index (χ2n) is 6.23. The topological polar surface area (TPSA) is 75.4 Å². The molecule has 0 saturated carbocycles. The Bertz CT molecular complexity index is 806. The van der Waals surface area contributed by atoms with Crippen molar-refractivity contribution in [2.75, 3.05) is 21.9 Å². The fourth-order valence-electron chi connectivity index (χ4n) is 3.15. The van der Waals surface area contributed by atoms with Gasteiger partial charge >= 0.3 is 0 Å². The molecule has 1 fully saturated rings. The van der Waals surface area contributed by atoms with E-state index in [0.717, 1.165) is 25.1 Å². The van der Waals surface area contributed by atoms with E-state index in [-0.39, 0.29) is 4.90 Å². The normalized spacial score (nSPS) is 18.4. The van der Waals surface area contributed by atoms with Gasteiger partial charge in [-0.1, -0.05) is 18.2 Å². The Kier molecular flexibility index (Phi) is 4.66. The molecule has 0 amide bonds. The van der Waals surface area contributed by atoms with Gasteiger partial charge in [0.05, 0.1) is 16.3 Å². The van der Waals surface area contributed by atoms with Crippen LogP contribution in [0.4, 0.5) is 17.1 Å². The number of nitrogens with two attached hydrogens (primary N) is 1. The quantitative estimate of drug-likeness (QED) is 0.832. The maximum Gasteiger partial charge on any atom is 0.261 e. The average molecular weight is 345 g/mol. The van der Waals surface area contributed by atoms with Crippen molar-refractivity contribution >= 4 is 27.1 Å². The fraction of sp³-hybridized carbons (Fsp3) is 0.333. The lowest BCUT2D eigenvalue weighted by molar-refractivity contribution is 0.485. The first-order valence-corrected chi connectivity index (χ1v) is 9.70. The summed E-state index contributed by atoms with van der Waals surface area (Å²) in [5, 5.41) is 0. The zero-order valence-electron chi connectivity index (χ0n) is 13.8. The summed E-state index contributed by atoms with van der Waals surface area (Å²) in [5.74, 6) is 0. The third-order valence-corrected chi connectivity index (χ3v) is 5.81. The predicted octanol–water partition coefficient (Wildman–Crippen LogP) is 3.45. The molecule has 0 radical (unpaired) electrons. The lowest BCUT2D eigenvalue weighted by Gasteiger charge is -2.36. The Labute approximate surface area is 143 Å². The summed E-state index contributed by atoms with van der Waals surface area (Å²) in [5.41, 5.74) is 7.85. The van der Waals surface area contributed by atoms with Crippen molar-refractivity contribution in [2.45, 2.75) is 37.1 Å². The number of nitrogens with one attached hydrogen (secondary N) is 1. The molecular formula is C18H23N3O2S. The molecule has 3 rings (SSSR count). The molecule has 1 aliphatic rings. The Morgan fingerprint density at radius 2 is 1.88 bits per heavy atom. The van der Waals surface area contributed by atoms with Crippen molar-refractivity contribution in [1.82, 2.24) is 0 Å². The summed E-state index contributed by atoms with van der Waals surface area (Å²) < 4.78 is 28.0. The van der Waals surface area contributed by atoms with Crippen LogP contribution >= 0.6 is 0 Å². The van der Waals surface area contributed by atoms with E-state index in [2.05, 4.69) is 16.5 Å². The zero-order valence-corrected chi connectivity index (χ0v) is 14.6. The average Bonchev–Trinajstić information content (AvgIpc) is 2.56. The van der Waals surface area contributed by atoms with E-state index < -0.39 is 10.0 Å². The van der Waals surface area contributed by atoms with Crippen molar-refractivity contribution in [3.05, 3.63) is 48.5 Å². The zero-order chi connectivity index (χ0) is 17.2. The van der Waals surface area contributed by atoms with Crippen LogP contribution in [-0.4, -0.2) is 21.0 Å². The number of nitrogens with zero attached hydrogens (tertiary/aromatic N) is 1. The third kappa shape index (κ3) is 3.48. The van der Waals surface area contributed by atoms with Crippen LogP contribution in [-0.2, 0) is 10.0 Å². The lowest BCUT2D eigenvalue weighted by atomic mass is 10.0. The van der Waals surface area contributed by atoms with Gasteiger partial charge in [0.15, 0.2) is 0 Å². The van der Waals surface area contributed by atoms with E-state index in [0.29, 0.717) is 17.4 Å². The van der Waals surface area contributed by atoms with E-state index in [1.54, 1.807) is 36.4 Å². The van der Waals surface area contributed by atoms with Gasteiger partial charge < -0.3 is 10.6 Å². The van der Waals surface area contributed by atoms with Crippen LogP contribution in [0, 0.1) is 0 Å².